The molecule has 6 heteroatoms. The Morgan fingerprint density at radius 1 is 1.04 bits per heavy atom. The summed E-state index contributed by atoms with van der Waals surface area (Å²) < 4.78 is 1.82. The molecule has 130 valence electrons. The standard InChI is InChI=1S/C18H28N6/c1-13-8-14(2)11-24(10-13)15-4-6-23(7-5-15)18-16-9-21-22(3)17(16)19-12-20-18/h9,12-15H,4-8,10-11H2,1-3H3. The summed E-state index contributed by atoms with van der Waals surface area (Å²) in [7, 11) is 1.93. The molecule has 24 heavy (non-hydrogen) atoms. The highest BCUT2D eigenvalue weighted by Gasteiger charge is 2.30. The first-order valence-electron chi connectivity index (χ1n) is 9.23. The fourth-order valence-corrected chi connectivity index (χ4v) is 4.65. The number of piperidine rings is 2. The molecule has 2 aromatic rings. The molecular weight excluding hydrogens is 300 g/mol. The van der Waals surface area contributed by atoms with Crippen molar-refractivity contribution in [3.05, 3.63) is 12.5 Å². The summed E-state index contributed by atoms with van der Waals surface area (Å²) in [5, 5.41) is 5.40. The Morgan fingerprint density at radius 2 is 1.75 bits per heavy atom. The molecule has 2 fully saturated rings. The molecule has 0 radical (unpaired) electrons. The van der Waals surface area contributed by atoms with Gasteiger partial charge < -0.3 is 4.90 Å². The lowest BCUT2D eigenvalue weighted by molar-refractivity contribution is 0.0825. The molecule has 2 saturated heterocycles. The van der Waals surface area contributed by atoms with Gasteiger partial charge in [-0.25, -0.2) is 9.97 Å². The molecule has 0 bridgehead atoms. The van der Waals surface area contributed by atoms with E-state index in [0.717, 1.165) is 47.8 Å². The van der Waals surface area contributed by atoms with Crippen molar-refractivity contribution in [2.75, 3.05) is 31.1 Å². The first-order valence-corrected chi connectivity index (χ1v) is 9.23. The number of fused-ring (bicyclic) bond motifs is 1. The molecule has 6 nitrogen and oxygen atoms in total. The Balaban J connectivity index is 1.46. The maximum atomic E-state index is 4.55. The van der Waals surface area contributed by atoms with E-state index in [1.165, 1.54) is 32.4 Å². The zero-order chi connectivity index (χ0) is 16.7. The maximum Gasteiger partial charge on any atom is 0.163 e. The van der Waals surface area contributed by atoms with Gasteiger partial charge >= 0.3 is 0 Å². The van der Waals surface area contributed by atoms with Crippen LogP contribution in [0.4, 0.5) is 5.82 Å². The lowest BCUT2D eigenvalue weighted by atomic mass is 9.89. The quantitative estimate of drug-likeness (QED) is 0.847. The second-order valence-corrected chi connectivity index (χ2v) is 7.82. The predicted octanol–water partition coefficient (Wildman–Crippen LogP) is 2.31. The summed E-state index contributed by atoms with van der Waals surface area (Å²) in [6.07, 6.45) is 7.40. The largest absolute Gasteiger partial charge is 0.356 e. The van der Waals surface area contributed by atoms with Gasteiger partial charge in [-0.05, 0) is 31.1 Å². The number of hydrogen-bond donors (Lipinski definition) is 0. The number of anilines is 1. The minimum absolute atomic E-state index is 0.734. The highest BCUT2D eigenvalue weighted by atomic mass is 15.3. The molecule has 4 heterocycles. The van der Waals surface area contributed by atoms with Crippen LogP contribution in [0.3, 0.4) is 0 Å². The SMILES string of the molecule is CC1CC(C)CN(C2CCN(c3ncnc4c3cnn4C)CC2)C1. The van der Waals surface area contributed by atoms with Crippen molar-refractivity contribution < 1.29 is 0 Å². The first-order chi connectivity index (χ1) is 11.6. The third-order valence-electron chi connectivity index (χ3n) is 5.69. The summed E-state index contributed by atoms with van der Waals surface area (Å²) >= 11 is 0. The van der Waals surface area contributed by atoms with Crippen LogP contribution in [-0.4, -0.2) is 56.9 Å². The van der Waals surface area contributed by atoms with Gasteiger partial charge in [0, 0.05) is 39.3 Å². The van der Waals surface area contributed by atoms with Crippen LogP contribution >= 0.6 is 0 Å². The van der Waals surface area contributed by atoms with Gasteiger partial charge in [-0.3, -0.25) is 9.58 Å². The summed E-state index contributed by atoms with van der Waals surface area (Å²) in [6, 6.07) is 0.734. The first kappa shape index (κ1) is 15.8. The molecule has 2 aliphatic rings. The Labute approximate surface area is 143 Å². The molecule has 2 atom stereocenters. The van der Waals surface area contributed by atoms with E-state index in [2.05, 4.69) is 38.7 Å². The van der Waals surface area contributed by atoms with Crippen LogP contribution < -0.4 is 4.90 Å². The normalized spacial score (nSPS) is 27.0. The molecule has 0 spiro atoms. The van der Waals surface area contributed by atoms with Gasteiger partial charge in [0.05, 0.1) is 11.6 Å². The van der Waals surface area contributed by atoms with E-state index in [9.17, 15) is 0 Å². The number of aromatic nitrogens is 4. The zero-order valence-corrected chi connectivity index (χ0v) is 15.0. The second-order valence-electron chi connectivity index (χ2n) is 7.82. The van der Waals surface area contributed by atoms with E-state index in [4.69, 9.17) is 0 Å². The van der Waals surface area contributed by atoms with Gasteiger partial charge in [0.25, 0.3) is 0 Å². The number of hydrogen-bond acceptors (Lipinski definition) is 5. The fourth-order valence-electron chi connectivity index (χ4n) is 4.65. The Bertz CT molecular complexity index is 693. The van der Waals surface area contributed by atoms with Gasteiger partial charge in [-0.15, -0.1) is 0 Å². The van der Waals surface area contributed by atoms with Gasteiger partial charge in [0.1, 0.15) is 12.1 Å². The van der Waals surface area contributed by atoms with Crippen molar-refractivity contribution in [3.8, 4) is 0 Å². The van der Waals surface area contributed by atoms with E-state index < -0.39 is 0 Å². The van der Waals surface area contributed by atoms with Crippen LogP contribution in [0.2, 0.25) is 0 Å². The minimum Gasteiger partial charge on any atom is -0.356 e. The van der Waals surface area contributed by atoms with Crippen molar-refractivity contribution in [2.24, 2.45) is 18.9 Å². The molecule has 0 aliphatic carbocycles. The molecule has 0 saturated carbocycles. The predicted molar refractivity (Wildman–Crippen MR) is 96.1 cm³/mol. The molecule has 2 unspecified atom stereocenters. The van der Waals surface area contributed by atoms with Crippen LogP contribution in [0.1, 0.15) is 33.1 Å². The summed E-state index contributed by atoms with van der Waals surface area (Å²) in [5.74, 6) is 2.72. The second kappa shape index (κ2) is 6.31. The number of aryl methyl sites for hydroxylation is 1. The smallest absolute Gasteiger partial charge is 0.163 e. The highest BCUT2D eigenvalue weighted by Crippen LogP contribution is 2.29. The number of rotatable bonds is 2. The van der Waals surface area contributed by atoms with Crippen LogP contribution in [0.5, 0.6) is 0 Å². The summed E-state index contributed by atoms with van der Waals surface area (Å²) in [4.78, 5) is 14.1. The van der Waals surface area contributed by atoms with Crippen LogP contribution in [0, 0.1) is 11.8 Å². The van der Waals surface area contributed by atoms with Crippen LogP contribution in [0.15, 0.2) is 12.5 Å². The summed E-state index contributed by atoms with van der Waals surface area (Å²) in [5.41, 5.74) is 0.917. The van der Waals surface area contributed by atoms with Crippen molar-refractivity contribution >= 4 is 16.9 Å². The molecular formula is C18H28N6. The Kier molecular flexibility index (Phi) is 4.16. The lowest BCUT2D eigenvalue weighted by Crippen LogP contribution is -2.50. The zero-order valence-electron chi connectivity index (χ0n) is 15.0. The van der Waals surface area contributed by atoms with Crippen molar-refractivity contribution in [3.63, 3.8) is 0 Å². The van der Waals surface area contributed by atoms with E-state index in [-0.39, 0.29) is 0 Å². The number of nitrogens with zero attached hydrogens (tertiary/aromatic N) is 6. The van der Waals surface area contributed by atoms with E-state index in [1.807, 2.05) is 17.9 Å². The lowest BCUT2D eigenvalue weighted by Gasteiger charge is -2.43. The molecule has 4 rings (SSSR count). The third-order valence-corrected chi connectivity index (χ3v) is 5.69. The molecule has 0 aromatic carbocycles. The van der Waals surface area contributed by atoms with Crippen molar-refractivity contribution in [1.29, 1.82) is 0 Å². The monoisotopic (exact) mass is 328 g/mol. The van der Waals surface area contributed by atoms with Crippen LogP contribution in [-0.2, 0) is 7.05 Å². The van der Waals surface area contributed by atoms with Gasteiger partial charge in [0.15, 0.2) is 5.65 Å². The highest BCUT2D eigenvalue weighted by molar-refractivity contribution is 5.86. The van der Waals surface area contributed by atoms with Crippen molar-refractivity contribution in [2.45, 2.75) is 39.2 Å². The van der Waals surface area contributed by atoms with E-state index in [1.54, 1.807) is 6.33 Å². The Morgan fingerprint density at radius 3 is 2.46 bits per heavy atom. The van der Waals surface area contributed by atoms with Crippen molar-refractivity contribution in [1.82, 2.24) is 24.6 Å². The molecule has 2 aliphatic heterocycles. The average Bonchev–Trinajstić information content (AvgIpc) is 2.96. The molecule has 0 N–H and O–H groups in total. The third kappa shape index (κ3) is 2.88. The van der Waals surface area contributed by atoms with E-state index >= 15 is 0 Å². The minimum atomic E-state index is 0.734. The molecule has 2 aromatic heterocycles. The van der Waals surface area contributed by atoms with Gasteiger partial charge in [-0.2, -0.15) is 5.10 Å². The topological polar surface area (TPSA) is 50.1 Å². The van der Waals surface area contributed by atoms with E-state index in [0.29, 0.717) is 0 Å². The summed E-state index contributed by atoms with van der Waals surface area (Å²) in [6.45, 7) is 9.50. The van der Waals surface area contributed by atoms with Gasteiger partial charge in [0.2, 0.25) is 0 Å². The number of likely N-dealkylation sites (tertiary alicyclic amines) is 1. The van der Waals surface area contributed by atoms with Gasteiger partial charge in [-0.1, -0.05) is 13.8 Å². The Hall–Kier alpha value is -1.69. The molecule has 0 amide bonds. The fraction of sp³-hybridized carbons (Fsp3) is 0.722. The van der Waals surface area contributed by atoms with Crippen LogP contribution in [0.25, 0.3) is 11.0 Å². The maximum absolute atomic E-state index is 4.55. The average molecular weight is 328 g/mol.